The van der Waals surface area contributed by atoms with Crippen molar-refractivity contribution in [2.75, 3.05) is 6.54 Å². The summed E-state index contributed by atoms with van der Waals surface area (Å²) in [4.78, 5) is 11.0. The number of benzene rings is 1. The molecule has 1 aromatic rings. The first kappa shape index (κ1) is 17.5. The summed E-state index contributed by atoms with van der Waals surface area (Å²) in [7, 11) is -4.37. The van der Waals surface area contributed by atoms with Crippen molar-refractivity contribution < 1.29 is 22.0 Å². The summed E-state index contributed by atoms with van der Waals surface area (Å²) in [6, 6.07) is 0.952. The number of amides is 1. The summed E-state index contributed by atoms with van der Waals surface area (Å²) in [5.41, 5.74) is -0.550. The van der Waals surface area contributed by atoms with Gasteiger partial charge in [0, 0.05) is 12.6 Å². The summed E-state index contributed by atoms with van der Waals surface area (Å²) in [6.45, 7) is 4.24. The van der Waals surface area contributed by atoms with E-state index < -0.39 is 38.0 Å². The Balaban J connectivity index is 3.05. The molecular formula is C13H18F2N2O3S. The summed E-state index contributed by atoms with van der Waals surface area (Å²) in [6.07, 6.45) is 1.68. The third kappa shape index (κ3) is 4.47. The summed E-state index contributed by atoms with van der Waals surface area (Å²) in [5.74, 6) is -3.03. The van der Waals surface area contributed by atoms with Crippen LogP contribution in [0, 0.1) is 17.6 Å². The Kier molecular flexibility index (Phi) is 5.79. The molecule has 0 atom stereocenters. The second kappa shape index (κ2) is 6.95. The second-order valence-electron chi connectivity index (χ2n) is 4.70. The number of hydrogen-bond acceptors (Lipinski definition) is 3. The largest absolute Gasteiger partial charge is 0.352 e. The van der Waals surface area contributed by atoms with Gasteiger partial charge in [-0.2, -0.15) is 0 Å². The number of nitrogens with one attached hydrogen (secondary N) is 1. The molecule has 0 aromatic heterocycles. The Morgan fingerprint density at radius 2 is 1.81 bits per heavy atom. The molecule has 0 saturated carbocycles. The summed E-state index contributed by atoms with van der Waals surface area (Å²) in [5, 5.41) is 7.32. The van der Waals surface area contributed by atoms with Gasteiger partial charge in [0.25, 0.3) is 5.91 Å². The highest BCUT2D eigenvalue weighted by atomic mass is 32.2. The molecule has 5 nitrogen and oxygen atoms in total. The number of hydrogen-bond donors (Lipinski definition) is 2. The molecular weight excluding hydrogens is 302 g/mol. The zero-order valence-corrected chi connectivity index (χ0v) is 12.6. The molecule has 1 rings (SSSR count). The lowest BCUT2D eigenvalue weighted by molar-refractivity contribution is 0.0942. The van der Waals surface area contributed by atoms with Crippen molar-refractivity contribution in [3.63, 3.8) is 0 Å². The fraction of sp³-hybridized carbons (Fsp3) is 0.462. The van der Waals surface area contributed by atoms with Gasteiger partial charge in [-0.25, -0.2) is 22.3 Å². The van der Waals surface area contributed by atoms with E-state index >= 15 is 0 Å². The van der Waals surface area contributed by atoms with Gasteiger partial charge in [0.05, 0.1) is 5.56 Å². The molecule has 0 aliphatic heterocycles. The zero-order valence-electron chi connectivity index (χ0n) is 11.8. The van der Waals surface area contributed by atoms with Gasteiger partial charge in [-0.1, -0.05) is 26.7 Å². The van der Waals surface area contributed by atoms with Crippen LogP contribution in [0.2, 0.25) is 0 Å². The molecule has 0 spiro atoms. The lowest BCUT2D eigenvalue weighted by Crippen LogP contribution is -2.30. The number of rotatable bonds is 6. The van der Waals surface area contributed by atoms with Gasteiger partial charge >= 0.3 is 0 Å². The molecule has 0 bridgehead atoms. The van der Waals surface area contributed by atoms with Gasteiger partial charge in [0.15, 0.2) is 0 Å². The maximum Gasteiger partial charge on any atom is 0.254 e. The van der Waals surface area contributed by atoms with Gasteiger partial charge in [-0.15, -0.1) is 0 Å². The molecule has 0 unspecified atom stereocenters. The first-order chi connectivity index (χ1) is 9.70. The normalized spacial score (nSPS) is 11.7. The molecule has 0 radical (unpaired) electrons. The molecule has 118 valence electrons. The van der Waals surface area contributed by atoms with E-state index in [0.29, 0.717) is 18.7 Å². The minimum absolute atomic E-state index is 0.232. The van der Waals surface area contributed by atoms with Crippen molar-refractivity contribution in [1.82, 2.24) is 5.32 Å². The van der Waals surface area contributed by atoms with Gasteiger partial charge in [-0.3, -0.25) is 4.79 Å². The monoisotopic (exact) mass is 320 g/mol. The predicted octanol–water partition coefficient (Wildman–Crippen LogP) is 1.78. The van der Waals surface area contributed by atoms with Crippen LogP contribution in [0.5, 0.6) is 0 Å². The van der Waals surface area contributed by atoms with Crippen LogP contribution in [0.4, 0.5) is 8.78 Å². The lowest BCUT2D eigenvalue weighted by atomic mass is 10.0. The van der Waals surface area contributed by atoms with Crippen molar-refractivity contribution in [2.45, 2.75) is 31.6 Å². The van der Waals surface area contributed by atoms with E-state index in [1.54, 1.807) is 0 Å². The van der Waals surface area contributed by atoms with Gasteiger partial charge in [-0.05, 0) is 12.0 Å². The highest BCUT2D eigenvalue weighted by Crippen LogP contribution is 2.18. The van der Waals surface area contributed by atoms with Crippen LogP contribution >= 0.6 is 0 Å². The van der Waals surface area contributed by atoms with Crippen LogP contribution in [0.3, 0.4) is 0 Å². The Hall–Kier alpha value is -1.54. The van der Waals surface area contributed by atoms with Gasteiger partial charge < -0.3 is 5.32 Å². The quantitative estimate of drug-likeness (QED) is 0.837. The smallest absolute Gasteiger partial charge is 0.254 e. The first-order valence-corrected chi connectivity index (χ1v) is 8.05. The van der Waals surface area contributed by atoms with E-state index in [2.05, 4.69) is 5.32 Å². The van der Waals surface area contributed by atoms with Crippen molar-refractivity contribution in [2.24, 2.45) is 11.1 Å². The van der Waals surface area contributed by atoms with Crippen LogP contribution in [0.15, 0.2) is 17.0 Å². The number of carbonyl (C=O) groups excluding carboxylic acids is 1. The maximum absolute atomic E-state index is 13.6. The molecule has 8 heteroatoms. The molecule has 3 N–H and O–H groups in total. The van der Waals surface area contributed by atoms with Gasteiger partial charge in [0.2, 0.25) is 10.0 Å². The SMILES string of the molecule is CCC(CC)CNC(=O)c1cc(S(N)(=O)=O)c(F)cc1F. The van der Waals surface area contributed by atoms with E-state index in [1.807, 2.05) is 13.8 Å². The fourth-order valence-electron chi connectivity index (χ4n) is 1.83. The molecule has 21 heavy (non-hydrogen) atoms. The van der Waals surface area contributed by atoms with E-state index in [0.717, 1.165) is 12.8 Å². The van der Waals surface area contributed by atoms with Crippen LogP contribution in [0.25, 0.3) is 0 Å². The van der Waals surface area contributed by atoms with Crippen LogP contribution in [-0.4, -0.2) is 20.9 Å². The summed E-state index contributed by atoms with van der Waals surface area (Å²) >= 11 is 0. The molecule has 0 saturated heterocycles. The number of carbonyl (C=O) groups is 1. The molecule has 1 amide bonds. The molecule has 1 aromatic carbocycles. The van der Waals surface area contributed by atoms with E-state index in [1.165, 1.54) is 0 Å². The van der Waals surface area contributed by atoms with Crippen LogP contribution in [-0.2, 0) is 10.0 Å². The molecule has 0 aliphatic rings. The number of primary sulfonamides is 1. The Bertz CT molecular complexity index is 629. The van der Waals surface area contributed by atoms with Crippen molar-refractivity contribution >= 4 is 15.9 Å². The Morgan fingerprint density at radius 1 is 1.24 bits per heavy atom. The highest BCUT2D eigenvalue weighted by Gasteiger charge is 2.21. The summed E-state index contributed by atoms with van der Waals surface area (Å²) < 4.78 is 49.4. The van der Waals surface area contributed by atoms with E-state index in [9.17, 15) is 22.0 Å². The fourth-order valence-corrected chi connectivity index (χ4v) is 2.44. The topological polar surface area (TPSA) is 89.3 Å². The molecule has 0 heterocycles. The van der Waals surface area contributed by atoms with Crippen molar-refractivity contribution in [1.29, 1.82) is 0 Å². The molecule has 0 fully saturated rings. The second-order valence-corrected chi connectivity index (χ2v) is 6.23. The minimum atomic E-state index is -4.37. The first-order valence-electron chi connectivity index (χ1n) is 6.50. The Labute approximate surface area is 122 Å². The zero-order chi connectivity index (χ0) is 16.2. The van der Waals surface area contributed by atoms with Crippen LogP contribution < -0.4 is 10.5 Å². The minimum Gasteiger partial charge on any atom is -0.352 e. The third-order valence-electron chi connectivity index (χ3n) is 3.28. The van der Waals surface area contributed by atoms with Crippen LogP contribution in [0.1, 0.15) is 37.0 Å². The van der Waals surface area contributed by atoms with E-state index in [4.69, 9.17) is 5.14 Å². The maximum atomic E-state index is 13.6. The van der Waals surface area contributed by atoms with Crippen molar-refractivity contribution in [3.8, 4) is 0 Å². The third-order valence-corrected chi connectivity index (χ3v) is 4.20. The average Bonchev–Trinajstić information content (AvgIpc) is 2.38. The number of halogens is 2. The highest BCUT2D eigenvalue weighted by molar-refractivity contribution is 7.89. The standard InChI is InChI=1S/C13H18F2N2O3S/c1-3-8(4-2)7-17-13(18)9-5-12(21(16,19)20)11(15)6-10(9)14/h5-6,8H,3-4,7H2,1-2H3,(H,17,18)(H2,16,19,20). The van der Waals surface area contributed by atoms with Gasteiger partial charge in [0.1, 0.15) is 16.5 Å². The predicted molar refractivity (Wildman–Crippen MR) is 74.1 cm³/mol. The molecule has 0 aliphatic carbocycles. The van der Waals surface area contributed by atoms with Crippen molar-refractivity contribution in [3.05, 3.63) is 29.3 Å². The Morgan fingerprint density at radius 3 is 2.29 bits per heavy atom. The average molecular weight is 320 g/mol. The number of nitrogens with two attached hydrogens (primary N) is 1. The van der Waals surface area contributed by atoms with E-state index in [-0.39, 0.29) is 5.92 Å². The lowest BCUT2D eigenvalue weighted by Gasteiger charge is -2.14. The number of sulfonamides is 1.